The Morgan fingerprint density at radius 3 is 2.15 bits per heavy atom. The first-order valence-corrected chi connectivity index (χ1v) is 11.0. The van der Waals surface area contributed by atoms with Crippen LogP contribution in [-0.2, 0) is 19.1 Å². The molecule has 0 aromatic rings. The predicted octanol–water partition coefficient (Wildman–Crippen LogP) is 5.58. The second kappa shape index (κ2) is 16.7. The number of rotatable bonds is 13. The van der Waals surface area contributed by atoms with Gasteiger partial charge in [-0.3, -0.25) is 9.59 Å². The van der Waals surface area contributed by atoms with Gasteiger partial charge in [0.1, 0.15) is 0 Å². The van der Waals surface area contributed by atoms with E-state index in [1.165, 1.54) is 44.9 Å². The molecule has 0 spiro atoms. The van der Waals surface area contributed by atoms with Crippen molar-refractivity contribution in [2.45, 2.75) is 103 Å². The van der Waals surface area contributed by atoms with Crippen LogP contribution in [0.25, 0.3) is 0 Å². The molecule has 1 aliphatic carbocycles. The van der Waals surface area contributed by atoms with Crippen molar-refractivity contribution in [3.05, 3.63) is 0 Å². The van der Waals surface area contributed by atoms with Gasteiger partial charge in [-0.1, -0.05) is 51.9 Å². The minimum absolute atomic E-state index is 0.127. The van der Waals surface area contributed by atoms with Gasteiger partial charge in [-0.15, -0.1) is 11.8 Å². The molecule has 0 atom stereocenters. The molecule has 0 aromatic heterocycles. The van der Waals surface area contributed by atoms with Gasteiger partial charge < -0.3 is 9.47 Å². The van der Waals surface area contributed by atoms with E-state index in [1.807, 2.05) is 0 Å². The topological polar surface area (TPSA) is 52.6 Å². The fraction of sp³-hybridized carbons (Fsp3) is 0.826. The fourth-order valence-electron chi connectivity index (χ4n) is 3.34. The van der Waals surface area contributed by atoms with Gasteiger partial charge in [0.2, 0.25) is 0 Å². The van der Waals surface area contributed by atoms with E-state index in [1.54, 1.807) is 0 Å². The molecule has 0 bridgehead atoms. The van der Waals surface area contributed by atoms with Crippen LogP contribution in [0.1, 0.15) is 103 Å². The summed E-state index contributed by atoms with van der Waals surface area (Å²) in [4.78, 5) is 23.4. The summed E-state index contributed by atoms with van der Waals surface area (Å²) in [6.07, 6.45) is 15.1. The Balaban J connectivity index is 1.87. The van der Waals surface area contributed by atoms with Crippen molar-refractivity contribution in [1.29, 1.82) is 0 Å². The molecule has 4 nitrogen and oxygen atoms in total. The highest BCUT2D eigenvalue weighted by atomic mass is 16.5. The van der Waals surface area contributed by atoms with E-state index < -0.39 is 0 Å². The van der Waals surface area contributed by atoms with Crippen LogP contribution < -0.4 is 0 Å². The molecule has 27 heavy (non-hydrogen) atoms. The Kier molecular flexibility index (Phi) is 14.5. The summed E-state index contributed by atoms with van der Waals surface area (Å²) >= 11 is 0. The molecular weight excluding hydrogens is 340 g/mol. The molecule has 1 saturated carbocycles. The number of esters is 2. The highest BCUT2D eigenvalue weighted by Crippen LogP contribution is 2.23. The van der Waals surface area contributed by atoms with E-state index in [4.69, 9.17) is 9.47 Å². The maximum absolute atomic E-state index is 11.7. The van der Waals surface area contributed by atoms with Gasteiger partial charge in [0, 0.05) is 12.8 Å². The average Bonchev–Trinajstić information content (AvgIpc) is 2.69. The molecule has 1 rings (SSSR count). The molecule has 0 aliphatic heterocycles. The molecule has 0 unspecified atom stereocenters. The minimum atomic E-state index is -0.292. The van der Waals surface area contributed by atoms with Gasteiger partial charge in [0.15, 0.2) is 0 Å². The van der Waals surface area contributed by atoms with Crippen LogP contribution in [0, 0.1) is 17.8 Å². The number of unbranched alkanes of at least 4 members (excludes halogenated alkanes) is 6. The molecule has 1 fully saturated rings. The molecule has 0 aromatic carbocycles. The molecule has 0 radical (unpaired) electrons. The van der Waals surface area contributed by atoms with Crippen LogP contribution in [0.4, 0.5) is 0 Å². The Hall–Kier alpha value is -1.50. The standard InChI is InChI=1S/C23H38O4/c1-2-3-4-5-6-7-8-9-10-14-19-26-22(24)17-18-23(25)27-20-21-15-12-11-13-16-21/h21H,2,5-20H2,1H3. The lowest BCUT2D eigenvalue weighted by molar-refractivity contribution is -0.151. The van der Waals surface area contributed by atoms with Crippen LogP contribution in [0.5, 0.6) is 0 Å². The summed E-state index contributed by atoms with van der Waals surface area (Å²) in [5, 5.41) is 0. The first-order chi connectivity index (χ1) is 13.2. The number of carbonyl (C=O) groups excluding carboxylic acids is 2. The zero-order valence-corrected chi connectivity index (χ0v) is 17.2. The maximum atomic E-state index is 11.7. The van der Waals surface area contributed by atoms with Crippen molar-refractivity contribution in [2.24, 2.45) is 5.92 Å². The lowest BCUT2D eigenvalue weighted by Gasteiger charge is -2.20. The fourth-order valence-corrected chi connectivity index (χ4v) is 3.34. The van der Waals surface area contributed by atoms with Crippen LogP contribution >= 0.6 is 0 Å². The van der Waals surface area contributed by atoms with E-state index in [0.717, 1.165) is 38.5 Å². The van der Waals surface area contributed by atoms with Gasteiger partial charge in [-0.25, -0.2) is 0 Å². The molecule has 0 amide bonds. The number of ether oxygens (including phenoxy) is 2. The monoisotopic (exact) mass is 378 g/mol. The molecule has 0 saturated heterocycles. The third-order valence-electron chi connectivity index (χ3n) is 5.00. The lowest BCUT2D eigenvalue weighted by Crippen LogP contribution is -2.17. The third-order valence-corrected chi connectivity index (χ3v) is 5.00. The lowest BCUT2D eigenvalue weighted by atomic mass is 9.90. The van der Waals surface area contributed by atoms with Crippen molar-refractivity contribution in [3.63, 3.8) is 0 Å². The number of hydrogen-bond acceptors (Lipinski definition) is 4. The smallest absolute Gasteiger partial charge is 0.306 e. The second-order valence-electron chi connectivity index (χ2n) is 7.49. The quantitative estimate of drug-likeness (QED) is 0.239. The molecule has 0 N–H and O–H groups in total. The first kappa shape index (κ1) is 23.5. The van der Waals surface area contributed by atoms with Gasteiger partial charge in [-0.05, 0) is 31.6 Å². The summed E-state index contributed by atoms with van der Waals surface area (Å²) in [5.74, 6) is 6.20. The third kappa shape index (κ3) is 14.3. The van der Waals surface area contributed by atoms with Crippen LogP contribution in [0.15, 0.2) is 0 Å². The Morgan fingerprint density at radius 2 is 1.44 bits per heavy atom. The predicted molar refractivity (Wildman–Crippen MR) is 108 cm³/mol. The van der Waals surface area contributed by atoms with E-state index in [0.29, 0.717) is 19.1 Å². The van der Waals surface area contributed by atoms with Gasteiger partial charge in [0.25, 0.3) is 0 Å². The molecule has 0 heterocycles. The Labute approximate surface area is 165 Å². The first-order valence-electron chi connectivity index (χ1n) is 11.0. The van der Waals surface area contributed by atoms with Crippen molar-refractivity contribution in [2.75, 3.05) is 13.2 Å². The Morgan fingerprint density at radius 1 is 0.815 bits per heavy atom. The van der Waals surface area contributed by atoms with Gasteiger partial charge in [-0.2, -0.15) is 0 Å². The Bertz CT molecular complexity index is 455. The van der Waals surface area contributed by atoms with Crippen LogP contribution in [-0.4, -0.2) is 25.2 Å². The van der Waals surface area contributed by atoms with Gasteiger partial charge >= 0.3 is 11.9 Å². The highest BCUT2D eigenvalue weighted by Gasteiger charge is 2.16. The summed E-state index contributed by atoms with van der Waals surface area (Å²) in [5.41, 5.74) is 0. The van der Waals surface area contributed by atoms with E-state index in [-0.39, 0.29) is 24.8 Å². The van der Waals surface area contributed by atoms with Crippen molar-refractivity contribution in [1.82, 2.24) is 0 Å². The zero-order valence-electron chi connectivity index (χ0n) is 17.2. The summed E-state index contributed by atoms with van der Waals surface area (Å²) in [6.45, 7) is 3.04. The maximum Gasteiger partial charge on any atom is 0.306 e. The molecule has 154 valence electrons. The average molecular weight is 379 g/mol. The second-order valence-corrected chi connectivity index (χ2v) is 7.49. The zero-order chi connectivity index (χ0) is 19.6. The van der Waals surface area contributed by atoms with Gasteiger partial charge in [0.05, 0.1) is 26.1 Å². The van der Waals surface area contributed by atoms with E-state index in [9.17, 15) is 9.59 Å². The summed E-state index contributed by atoms with van der Waals surface area (Å²) in [7, 11) is 0. The number of carbonyl (C=O) groups is 2. The molecular formula is C23H38O4. The van der Waals surface area contributed by atoms with E-state index >= 15 is 0 Å². The molecule has 1 aliphatic rings. The summed E-state index contributed by atoms with van der Waals surface area (Å²) < 4.78 is 10.5. The van der Waals surface area contributed by atoms with Crippen LogP contribution in [0.3, 0.4) is 0 Å². The SMILES string of the molecule is CCC#CCCCCCCCCOC(=O)CCC(=O)OCC1CCCCC1. The summed E-state index contributed by atoms with van der Waals surface area (Å²) in [6, 6.07) is 0. The normalized spacial score (nSPS) is 14.3. The van der Waals surface area contributed by atoms with Crippen molar-refractivity contribution >= 4 is 11.9 Å². The van der Waals surface area contributed by atoms with E-state index in [2.05, 4.69) is 18.8 Å². The minimum Gasteiger partial charge on any atom is -0.466 e. The highest BCUT2D eigenvalue weighted by molar-refractivity contribution is 5.77. The van der Waals surface area contributed by atoms with Crippen molar-refractivity contribution < 1.29 is 19.1 Å². The molecule has 4 heteroatoms. The largest absolute Gasteiger partial charge is 0.466 e. The number of hydrogen-bond donors (Lipinski definition) is 0. The van der Waals surface area contributed by atoms with Crippen LogP contribution in [0.2, 0.25) is 0 Å². The van der Waals surface area contributed by atoms with Crippen molar-refractivity contribution in [3.8, 4) is 11.8 Å².